The summed E-state index contributed by atoms with van der Waals surface area (Å²) in [5.41, 5.74) is 1.35. The molecule has 2 amide bonds. The minimum absolute atomic E-state index is 0.0443. The highest BCUT2D eigenvalue weighted by Crippen LogP contribution is 2.16. The normalized spacial score (nSPS) is 24.1. The number of hydrogen-bond acceptors (Lipinski definition) is 2. The predicted molar refractivity (Wildman–Crippen MR) is 65.3 cm³/mol. The van der Waals surface area contributed by atoms with Crippen LogP contribution in [0.1, 0.15) is 44.9 Å². The summed E-state index contributed by atoms with van der Waals surface area (Å²) in [6.45, 7) is 0.680. The van der Waals surface area contributed by atoms with Gasteiger partial charge in [0.1, 0.15) is 0 Å². The Morgan fingerprint density at radius 3 is 2.94 bits per heavy atom. The molecule has 4 heteroatoms. The molecule has 0 spiro atoms. The van der Waals surface area contributed by atoms with Gasteiger partial charge in [0.05, 0.1) is 0 Å². The van der Waals surface area contributed by atoms with Gasteiger partial charge in [0.25, 0.3) is 0 Å². The van der Waals surface area contributed by atoms with E-state index in [4.69, 9.17) is 0 Å². The number of allylic oxidation sites excluding steroid dienone is 1. The molecule has 94 valence electrons. The summed E-state index contributed by atoms with van der Waals surface area (Å²) in [5.74, 6) is 0.112. The molecule has 1 aliphatic carbocycles. The van der Waals surface area contributed by atoms with Crippen molar-refractivity contribution in [3.05, 3.63) is 11.6 Å². The van der Waals surface area contributed by atoms with Gasteiger partial charge in [-0.1, -0.05) is 11.6 Å². The van der Waals surface area contributed by atoms with Gasteiger partial charge in [0.2, 0.25) is 11.8 Å². The Kier molecular flexibility index (Phi) is 4.18. The van der Waals surface area contributed by atoms with Gasteiger partial charge >= 0.3 is 0 Å². The highest BCUT2D eigenvalue weighted by molar-refractivity contribution is 5.81. The molecule has 0 saturated carbocycles. The third-order valence-electron chi connectivity index (χ3n) is 3.41. The van der Waals surface area contributed by atoms with Gasteiger partial charge in [0, 0.05) is 25.4 Å². The number of carbonyl (C=O) groups excluding carboxylic acids is 2. The van der Waals surface area contributed by atoms with E-state index in [1.165, 1.54) is 18.4 Å². The third-order valence-corrected chi connectivity index (χ3v) is 3.41. The van der Waals surface area contributed by atoms with E-state index in [9.17, 15) is 9.59 Å². The average molecular weight is 236 g/mol. The maximum atomic E-state index is 11.7. The molecule has 0 aromatic rings. The van der Waals surface area contributed by atoms with E-state index in [0.29, 0.717) is 19.4 Å². The smallest absolute Gasteiger partial charge is 0.222 e. The zero-order chi connectivity index (χ0) is 12.1. The van der Waals surface area contributed by atoms with Crippen LogP contribution >= 0.6 is 0 Å². The van der Waals surface area contributed by atoms with Crippen LogP contribution < -0.4 is 10.6 Å². The molecule has 4 nitrogen and oxygen atoms in total. The summed E-state index contributed by atoms with van der Waals surface area (Å²) in [5, 5.41) is 5.74. The van der Waals surface area contributed by atoms with Gasteiger partial charge in [-0.25, -0.2) is 0 Å². The topological polar surface area (TPSA) is 58.2 Å². The molecule has 0 unspecified atom stereocenters. The summed E-state index contributed by atoms with van der Waals surface area (Å²) in [6, 6.07) is 0.0443. The first-order valence-electron chi connectivity index (χ1n) is 6.48. The van der Waals surface area contributed by atoms with Crippen molar-refractivity contribution < 1.29 is 9.59 Å². The summed E-state index contributed by atoms with van der Waals surface area (Å²) >= 11 is 0. The minimum atomic E-state index is 0.0443. The Morgan fingerprint density at radius 1 is 1.41 bits per heavy atom. The standard InChI is InChI=1S/C13H20N2O2/c16-12-7-6-11(15-12)8-13(17)14-9-10-4-2-1-3-5-10/h4,11H,1-3,5-9H2,(H,14,17)(H,15,16)/t11-/m0/s1. The Bertz CT molecular complexity index is 336. The van der Waals surface area contributed by atoms with Crippen molar-refractivity contribution in [3.8, 4) is 0 Å². The van der Waals surface area contributed by atoms with Crippen molar-refractivity contribution >= 4 is 11.8 Å². The van der Waals surface area contributed by atoms with E-state index in [1.54, 1.807) is 0 Å². The minimum Gasteiger partial charge on any atom is -0.353 e. The van der Waals surface area contributed by atoms with E-state index in [0.717, 1.165) is 19.3 Å². The van der Waals surface area contributed by atoms with Crippen molar-refractivity contribution in [2.24, 2.45) is 0 Å². The molecule has 2 rings (SSSR count). The van der Waals surface area contributed by atoms with E-state index in [-0.39, 0.29) is 17.9 Å². The molecular weight excluding hydrogens is 216 g/mol. The Labute approximate surface area is 102 Å². The fraction of sp³-hybridized carbons (Fsp3) is 0.692. The lowest BCUT2D eigenvalue weighted by Gasteiger charge is -2.14. The summed E-state index contributed by atoms with van der Waals surface area (Å²) in [6.07, 6.45) is 8.76. The largest absolute Gasteiger partial charge is 0.353 e. The van der Waals surface area contributed by atoms with Crippen LogP contribution in [0.3, 0.4) is 0 Å². The van der Waals surface area contributed by atoms with Gasteiger partial charge < -0.3 is 10.6 Å². The van der Waals surface area contributed by atoms with Crippen LogP contribution in [0.4, 0.5) is 0 Å². The highest BCUT2D eigenvalue weighted by atomic mass is 16.2. The monoisotopic (exact) mass is 236 g/mol. The lowest BCUT2D eigenvalue weighted by Crippen LogP contribution is -2.34. The summed E-state index contributed by atoms with van der Waals surface area (Å²) in [7, 11) is 0. The van der Waals surface area contributed by atoms with Gasteiger partial charge in [-0.15, -0.1) is 0 Å². The molecule has 0 aromatic carbocycles. The third kappa shape index (κ3) is 3.88. The van der Waals surface area contributed by atoms with Crippen molar-refractivity contribution in [1.29, 1.82) is 0 Å². The maximum Gasteiger partial charge on any atom is 0.222 e. The Balaban J connectivity index is 1.67. The summed E-state index contributed by atoms with van der Waals surface area (Å²) < 4.78 is 0. The van der Waals surface area contributed by atoms with Crippen molar-refractivity contribution in [3.63, 3.8) is 0 Å². The number of amides is 2. The summed E-state index contributed by atoms with van der Waals surface area (Å²) in [4.78, 5) is 22.6. The fourth-order valence-electron chi connectivity index (χ4n) is 2.40. The van der Waals surface area contributed by atoms with Crippen LogP contribution in [0, 0.1) is 0 Å². The molecule has 1 saturated heterocycles. The Hall–Kier alpha value is -1.32. The molecular formula is C13H20N2O2. The predicted octanol–water partition coefficient (Wildman–Crippen LogP) is 1.27. The van der Waals surface area contributed by atoms with Crippen LogP contribution in [0.2, 0.25) is 0 Å². The van der Waals surface area contributed by atoms with Crippen LogP contribution in [0.5, 0.6) is 0 Å². The van der Waals surface area contributed by atoms with E-state index < -0.39 is 0 Å². The second-order valence-corrected chi connectivity index (χ2v) is 4.89. The van der Waals surface area contributed by atoms with Crippen molar-refractivity contribution in [1.82, 2.24) is 10.6 Å². The molecule has 1 fully saturated rings. The first kappa shape index (κ1) is 12.1. The average Bonchev–Trinajstić information content (AvgIpc) is 2.73. The van der Waals surface area contributed by atoms with Gasteiger partial charge in [0.15, 0.2) is 0 Å². The van der Waals surface area contributed by atoms with Gasteiger partial charge in [-0.2, -0.15) is 0 Å². The lowest BCUT2D eigenvalue weighted by molar-refractivity contribution is -0.121. The van der Waals surface area contributed by atoms with Crippen LogP contribution in [-0.2, 0) is 9.59 Å². The highest BCUT2D eigenvalue weighted by Gasteiger charge is 2.22. The van der Waals surface area contributed by atoms with Gasteiger partial charge in [-0.3, -0.25) is 9.59 Å². The maximum absolute atomic E-state index is 11.7. The van der Waals surface area contributed by atoms with Crippen molar-refractivity contribution in [2.45, 2.75) is 51.0 Å². The molecule has 2 N–H and O–H groups in total. The van der Waals surface area contributed by atoms with Crippen molar-refractivity contribution in [2.75, 3.05) is 6.54 Å². The van der Waals surface area contributed by atoms with E-state index >= 15 is 0 Å². The number of nitrogens with one attached hydrogen (secondary N) is 2. The molecule has 1 aliphatic heterocycles. The zero-order valence-corrected chi connectivity index (χ0v) is 10.1. The SMILES string of the molecule is O=C(C[C@@H]1CCC(=O)N1)NCC1=CCCCC1. The molecule has 0 bridgehead atoms. The fourth-order valence-corrected chi connectivity index (χ4v) is 2.40. The van der Waals surface area contributed by atoms with Crippen LogP contribution in [0.25, 0.3) is 0 Å². The second-order valence-electron chi connectivity index (χ2n) is 4.89. The van der Waals surface area contributed by atoms with E-state index in [2.05, 4.69) is 16.7 Å². The number of hydrogen-bond donors (Lipinski definition) is 2. The molecule has 1 atom stereocenters. The van der Waals surface area contributed by atoms with E-state index in [1.807, 2.05) is 0 Å². The Morgan fingerprint density at radius 2 is 2.29 bits per heavy atom. The number of rotatable bonds is 4. The first-order valence-corrected chi connectivity index (χ1v) is 6.48. The molecule has 0 aromatic heterocycles. The van der Waals surface area contributed by atoms with Gasteiger partial charge in [-0.05, 0) is 32.1 Å². The molecule has 17 heavy (non-hydrogen) atoms. The van der Waals surface area contributed by atoms with Crippen LogP contribution in [0.15, 0.2) is 11.6 Å². The first-order chi connectivity index (χ1) is 8.24. The molecule has 1 heterocycles. The second kappa shape index (κ2) is 5.84. The molecule has 2 aliphatic rings. The van der Waals surface area contributed by atoms with Crippen LogP contribution in [-0.4, -0.2) is 24.4 Å². The molecule has 0 radical (unpaired) electrons. The lowest BCUT2D eigenvalue weighted by atomic mass is 9.99. The zero-order valence-electron chi connectivity index (χ0n) is 10.1. The quantitative estimate of drug-likeness (QED) is 0.722. The number of carbonyl (C=O) groups is 2.